The molecular formula is C16H21N7O. The first kappa shape index (κ1) is 15.0. The third kappa shape index (κ3) is 2.83. The standard InChI is InChI=1S/C16H21N7O/c1-12-2-4-21(5-3-12)16(24)13-7-22(8-13)14-6-15(19-10-18-14)23-11-17-9-20-23/h6,9-13H,2-5,7-8H2,1H3. The Bertz CT molecular complexity index is 703. The van der Waals surface area contributed by atoms with Crippen molar-refractivity contribution in [3.8, 4) is 5.82 Å². The number of anilines is 1. The molecule has 8 heteroatoms. The Kier molecular flexibility index (Phi) is 3.87. The van der Waals surface area contributed by atoms with Gasteiger partial charge in [-0.15, -0.1) is 0 Å². The second kappa shape index (κ2) is 6.18. The van der Waals surface area contributed by atoms with Crippen LogP contribution in [0, 0.1) is 11.8 Å². The molecule has 0 saturated carbocycles. The van der Waals surface area contributed by atoms with Gasteiger partial charge in [0.05, 0.1) is 5.92 Å². The Morgan fingerprint density at radius 2 is 1.88 bits per heavy atom. The molecule has 4 heterocycles. The van der Waals surface area contributed by atoms with E-state index in [9.17, 15) is 4.79 Å². The quantitative estimate of drug-likeness (QED) is 0.828. The van der Waals surface area contributed by atoms with Crippen molar-refractivity contribution in [1.82, 2.24) is 29.6 Å². The van der Waals surface area contributed by atoms with Gasteiger partial charge in [-0.1, -0.05) is 6.92 Å². The summed E-state index contributed by atoms with van der Waals surface area (Å²) >= 11 is 0. The molecular weight excluding hydrogens is 306 g/mol. The lowest BCUT2D eigenvalue weighted by molar-refractivity contribution is -0.137. The number of hydrogen-bond acceptors (Lipinski definition) is 6. The summed E-state index contributed by atoms with van der Waals surface area (Å²) in [5.74, 6) is 2.62. The highest BCUT2D eigenvalue weighted by Crippen LogP contribution is 2.26. The van der Waals surface area contributed by atoms with Crippen LogP contribution in [0.2, 0.25) is 0 Å². The largest absolute Gasteiger partial charge is 0.355 e. The lowest BCUT2D eigenvalue weighted by Crippen LogP contribution is -2.56. The highest BCUT2D eigenvalue weighted by atomic mass is 16.2. The molecule has 0 aliphatic carbocycles. The summed E-state index contributed by atoms with van der Waals surface area (Å²) in [4.78, 5) is 29.1. The smallest absolute Gasteiger partial charge is 0.229 e. The first-order chi connectivity index (χ1) is 11.7. The van der Waals surface area contributed by atoms with Gasteiger partial charge in [0.25, 0.3) is 0 Å². The Morgan fingerprint density at radius 3 is 2.58 bits per heavy atom. The number of likely N-dealkylation sites (tertiary alicyclic amines) is 1. The normalized spacial score (nSPS) is 19.4. The first-order valence-electron chi connectivity index (χ1n) is 8.41. The van der Waals surface area contributed by atoms with E-state index in [-0.39, 0.29) is 5.92 Å². The topological polar surface area (TPSA) is 80.0 Å². The monoisotopic (exact) mass is 327 g/mol. The second-order valence-corrected chi connectivity index (χ2v) is 6.68. The fourth-order valence-corrected chi connectivity index (χ4v) is 3.27. The van der Waals surface area contributed by atoms with Crippen molar-refractivity contribution in [2.75, 3.05) is 31.1 Å². The minimum atomic E-state index is 0.0863. The minimum Gasteiger partial charge on any atom is -0.355 e. The van der Waals surface area contributed by atoms with Crippen LogP contribution in [0.15, 0.2) is 25.0 Å². The summed E-state index contributed by atoms with van der Waals surface area (Å²) < 4.78 is 1.60. The van der Waals surface area contributed by atoms with E-state index in [0.29, 0.717) is 11.7 Å². The third-order valence-electron chi connectivity index (χ3n) is 4.94. The lowest BCUT2D eigenvalue weighted by atomic mass is 9.94. The van der Waals surface area contributed by atoms with E-state index < -0.39 is 0 Å². The zero-order chi connectivity index (χ0) is 16.5. The maximum atomic E-state index is 12.6. The maximum Gasteiger partial charge on any atom is 0.229 e. The summed E-state index contributed by atoms with van der Waals surface area (Å²) in [7, 11) is 0. The van der Waals surface area contributed by atoms with Gasteiger partial charge in [-0.25, -0.2) is 19.6 Å². The van der Waals surface area contributed by atoms with Gasteiger partial charge >= 0.3 is 0 Å². The van der Waals surface area contributed by atoms with Gasteiger partial charge < -0.3 is 9.80 Å². The Balaban J connectivity index is 1.37. The number of piperidine rings is 1. The fraction of sp³-hybridized carbons (Fsp3) is 0.562. The Labute approximate surface area is 140 Å². The van der Waals surface area contributed by atoms with Crippen LogP contribution < -0.4 is 4.90 Å². The molecule has 2 aliphatic heterocycles. The van der Waals surface area contributed by atoms with Crippen molar-refractivity contribution in [3.05, 3.63) is 25.0 Å². The van der Waals surface area contributed by atoms with Gasteiger partial charge in [0.2, 0.25) is 5.91 Å². The molecule has 1 amide bonds. The molecule has 126 valence electrons. The van der Waals surface area contributed by atoms with E-state index in [1.807, 2.05) is 11.0 Å². The summed E-state index contributed by atoms with van der Waals surface area (Å²) in [5.41, 5.74) is 0. The van der Waals surface area contributed by atoms with Crippen molar-refractivity contribution < 1.29 is 4.79 Å². The number of aromatic nitrogens is 5. The van der Waals surface area contributed by atoms with Crippen LogP contribution in [0.5, 0.6) is 0 Å². The molecule has 0 atom stereocenters. The van der Waals surface area contributed by atoms with Gasteiger partial charge in [0.15, 0.2) is 5.82 Å². The summed E-state index contributed by atoms with van der Waals surface area (Å²) in [6.45, 7) is 5.51. The lowest BCUT2D eigenvalue weighted by Gasteiger charge is -2.42. The van der Waals surface area contributed by atoms with E-state index in [1.165, 1.54) is 12.7 Å². The van der Waals surface area contributed by atoms with Gasteiger partial charge in [-0.05, 0) is 18.8 Å². The predicted octanol–water partition coefficient (Wildman–Crippen LogP) is 0.752. The van der Waals surface area contributed by atoms with Crippen LogP contribution in [0.25, 0.3) is 5.82 Å². The zero-order valence-electron chi connectivity index (χ0n) is 13.7. The maximum absolute atomic E-state index is 12.6. The second-order valence-electron chi connectivity index (χ2n) is 6.68. The van der Waals surface area contributed by atoms with Crippen molar-refractivity contribution in [3.63, 3.8) is 0 Å². The highest BCUT2D eigenvalue weighted by Gasteiger charge is 2.37. The number of carbonyl (C=O) groups is 1. The van der Waals surface area contributed by atoms with Crippen molar-refractivity contribution in [2.24, 2.45) is 11.8 Å². The fourth-order valence-electron chi connectivity index (χ4n) is 3.27. The van der Waals surface area contributed by atoms with Crippen LogP contribution in [0.3, 0.4) is 0 Å². The van der Waals surface area contributed by atoms with E-state index in [1.54, 1.807) is 11.0 Å². The molecule has 0 spiro atoms. The predicted molar refractivity (Wildman–Crippen MR) is 87.6 cm³/mol. The highest BCUT2D eigenvalue weighted by molar-refractivity contribution is 5.82. The van der Waals surface area contributed by atoms with E-state index in [4.69, 9.17) is 0 Å². The number of hydrogen-bond donors (Lipinski definition) is 0. The Hall–Kier alpha value is -2.51. The third-order valence-corrected chi connectivity index (χ3v) is 4.94. The molecule has 2 saturated heterocycles. The molecule has 0 bridgehead atoms. The molecule has 24 heavy (non-hydrogen) atoms. The van der Waals surface area contributed by atoms with Crippen LogP contribution in [0.1, 0.15) is 19.8 Å². The van der Waals surface area contributed by atoms with E-state index >= 15 is 0 Å². The van der Waals surface area contributed by atoms with Crippen LogP contribution in [0.4, 0.5) is 5.82 Å². The van der Waals surface area contributed by atoms with Gasteiger partial charge in [0.1, 0.15) is 24.8 Å². The summed E-state index contributed by atoms with van der Waals surface area (Å²) in [6.07, 6.45) is 6.84. The van der Waals surface area contributed by atoms with Crippen LogP contribution in [-0.4, -0.2) is 61.7 Å². The molecule has 8 nitrogen and oxygen atoms in total. The molecule has 2 aliphatic rings. The van der Waals surface area contributed by atoms with E-state index in [2.05, 4.69) is 31.9 Å². The average molecular weight is 327 g/mol. The molecule has 2 aromatic heterocycles. The van der Waals surface area contributed by atoms with Crippen molar-refractivity contribution in [1.29, 1.82) is 0 Å². The van der Waals surface area contributed by atoms with Crippen molar-refractivity contribution in [2.45, 2.75) is 19.8 Å². The summed E-state index contributed by atoms with van der Waals surface area (Å²) in [6, 6.07) is 1.87. The molecule has 4 rings (SSSR count). The molecule has 0 unspecified atom stereocenters. The number of amides is 1. The van der Waals surface area contributed by atoms with Gasteiger partial charge in [-0.3, -0.25) is 4.79 Å². The Morgan fingerprint density at radius 1 is 1.12 bits per heavy atom. The number of nitrogens with zero attached hydrogens (tertiary/aromatic N) is 7. The summed E-state index contributed by atoms with van der Waals surface area (Å²) in [5, 5.41) is 4.08. The molecule has 2 fully saturated rings. The SMILES string of the molecule is CC1CCN(C(=O)C2CN(c3cc(-n4cncn4)ncn3)C2)CC1. The molecule has 0 N–H and O–H groups in total. The van der Waals surface area contributed by atoms with Gasteiger partial charge in [-0.2, -0.15) is 5.10 Å². The molecule has 0 aromatic carbocycles. The van der Waals surface area contributed by atoms with Crippen LogP contribution in [-0.2, 0) is 4.79 Å². The zero-order valence-corrected chi connectivity index (χ0v) is 13.7. The molecule has 2 aromatic rings. The average Bonchev–Trinajstić information content (AvgIpc) is 3.09. The number of carbonyl (C=O) groups excluding carboxylic acids is 1. The van der Waals surface area contributed by atoms with Crippen molar-refractivity contribution >= 4 is 11.7 Å². The number of rotatable bonds is 3. The van der Waals surface area contributed by atoms with Gasteiger partial charge in [0, 0.05) is 32.2 Å². The van der Waals surface area contributed by atoms with Crippen LogP contribution >= 0.6 is 0 Å². The molecule has 0 radical (unpaired) electrons. The first-order valence-corrected chi connectivity index (χ1v) is 8.41. The minimum absolute atomic E-state index is 0.0863. The van der Waals surface area contributed by atoms with E-state index in [0.717, 1.165) is 50.8 Å².